The van der Waals surface area contributed by atoms with Gasteiger partial charge in [0.1, 0.15) is 11.6 Å². The second-order valence-electron chi connectivity index (χ2n) is 6.72. The number of rotatable bonds is 5. The van der Waals surface area contributed by atoms with Crippen LogP contribution in [0.4, 0.5) is 5.82 Å². The minimum atomic E-state index is -0.556. The molecule has 0 saturated heterocycles. The van der Waals surface area contributed by atoms with Gasteiger partial charge in [0.15, 0.2) is 5.78 Å². The molecular formula is C22H21N3O3. The quantitative estimate of drug-likeness (QED) is 0.687. The summed E-state index contributed by atoms with van der Waals surface area (Å²) in [5.74, 6) is 0.460. The number of hydrogen-bond acceptors (Lipinski definition) is 4. The average molecular weight is 375 g/mol. The molecule has 6 heteroatoms. The number of benzene rings is 2. The highest BCUT2D eigenvalue weighted by atomic mass is 16.5. The van der Waals surface area contributed by atoms with Gasteiger partial charge >= 0.3 is 0 Å². The summed E-state index contributed by atoms with van der Waals surface area (Å²) in [6, 6.07) is 16.6. The summed E-state index contributed by atoms with van der Waals surface area (Å²) in [5, 5.41) is 7.49. The Morgan fingerprint density at radius 3 is 2.57 bits per heavy atom. The summed E-state index contributed by atoms with van der Waals surface area (Å²) in [6.07, 6.45) is 0.111. The summed E-state index contributed by atoms with van der Waals surface area (Å²) in [7, 11) is 0. The molecule has 28 heavy (non-hydrogen) atoms. The van der Waals surface area contributed by atoms with Crippen molar-refractivity contribution in [1.29, 1.82) is 0 Å². The van der Waals surface area contributed by atoms with Crippen LogP contribution in [0.15, 0.2) is 54.6 Å². The van der Waals surface area contributed by atoms with Crippen molar-refractivity contribution in [2.75, 3.05) is 11.9 Å². The Bertz CT molecular complexity index is 1020. The number of nitrogens with zero attached hydrogens (tertiary/aromatic N) is 2. The molecule has 0 aliphatic carbocycles. The van der Waals surface area contributed by atoms with Crippen LogP contribution in [0.3, 0.4) is 0 Å². The highest BCUT2D eigenvalue weighted by Crippen LogP contribution is 2.38. The lowest BCUT2D eigenvalue weighted by molar-refractivity contribution is -0.116. The summed E-state index contributed by atoms with van der Waals surface area (Å²) in [6.45, 7) is 4.35. The van der Waals surface area contributed by atoms with Crippen LogP contribution >= 0.6 is 0 Å². The van der Waals surface area contributed by atoms with E-state index in [-0.39, 0.29) is 18.1 Å². The number of ketones is 1. The highest BCUT2D eigenvalue weighted by Gasteiger charge is 2.36. The van der Waals surface area contributed by atoms with Crippen LogP contribution in [0.5, 0.6) is 5.75 Å². The number of Topliss-reactive ketones (excluding diaryl/α,β-unsaturated/α-hetero) is 1. The van der Waals surface area contributed by atoms with Gasteiger partial charge in [0.05, 0.1) is 23.9 Å². The van der Waals surface area contributed by atoms with Crippen molar-refractivity contribution in [2.24, 2.45) is 0 Å². The normalized spacial score (nSPS) is 15.6. The molecule has 142 valence electrons. The van der Waals surface area contributed by atoms with Gasteiger partial charge in [0.2, 0.25) is 5.91 Å². The zero-order valence-electron chi connectivity index (χ0n) is 15.8. The van der Waals surface area contributed by atoms with E-state index in [4.69, 9.17) is 4.74 Å². The average Bonchev–Trinajstić information content (AvgIpc) is 3.04. The van der Waals surface area contributed by atoms with Gasteiger partial charge in [0.25, 0.3) is 0 Å². The highest BCUT2D eigenvalue weighted by molar-refractivity contribution is 6.08. The van der Waals surface area contributed by atoms with Gasteiger partial charge in [-0.2, -0.15) is 5.10 Å². The molecule has 1 aliphatic heterocycles. The molecule has 0 bridgehead atoms. The van der Waals surface area contributed by atoms with Crippen LogP contribution in [0, 0.1) is 6.92 Å². The van der Waals surface area contributed by atoms with Crippen LogP contribution in [0.25, 0.3) is 5.69 Å². The zero-order valence-corrected chi connectivity index (χ0v) is 15.8. The Morgan fingerprint density at radius 1 is 1.18 bits per heavy atom. The summed E-state index contributed by atoms with van der Waals surface area (Å²) in [4.78, 5) is 25.6. The SMILES string of the molecule is CCOc1ccc(C(=O)C2CC(=O)Nc3c2c(C)nn3-c2ccccc2)cc1. The third-order valence-electron chi connectivity index (χ3n) is 4.87. The lowest BCUT2D eigenvalue weighted by atomic mass is 9.85. The number of hydrogen-bond donors (Lipinski definition) is 1. The van der Waals surface area contributed by atoms with Crippen molar-refractivity contribution in [3.63, 3.8) is 0 Å². The van der Waals surface area contributed by atoms with Gasteiger partial charge in [0, 0.05) is 17.5 Å². The number of anilines is 1. The van der Waals surface area contributed by atoms with Gasteiger partial charge in [-0.25, -0.2) is 4.68 Å². The van der Waals surface area contributed by atoms with E-state index in [0.717, 1.165) is 16.9 Å². The Kier molecular flexibility index (Phi) is 4.69. The molecule has 1 aromatic heterocycles. The Morgan fingerprint density at radius 2 is 1.89 bits per heavy atom. The number of carbonyl (C=O) groups excluding carboxylic acids is 2. The van der Waals surface area contributed by atoms with E-state index >= 15 is 0 Å². The van der Waals surface area contributed by atoms with E-state index in [2.05, 4.69) is 10.4 Å². The Balaban J connectivity index is 1.73. The fraction of sp³-hybridized carbons (Fsp3) is 0.227. The molecule has 2 aromatic carbocycles. The summed E-state index contributed by atoms with van der Waals surface area (Å²) < 4.78 is 7.14. The first-order chi connectivity index (χ1) is 13.6. The number of carbonyl (C=O) groups is 2. The number of nitrogens with one attached hydrogen (secondary N) is 1. The molecule has 1 amide bonds. The van der Waals surface area contributed by atoms with Gasteiger partial charge < -0.3 is 10.1 Å². The van der Waals surface area contributed by atoms with Crippen molar-refractivity contribution in [3.8, 4) is 11.4 Å². The van der Waals surface area contributed by atoms with Crippen molar-refractivity contribution in [3.05, 3.63) is 71.4 Å². The Labute approximate surface area is 163 Å². The molecule has 1 N–H and O–H groups in total. The second-order valence-corrected chi connectivity index (χ2v) is 6.72. The number of aryl methyl sites for hydroxylation is 1. The van der Waals surface area contributed by atoms with Crippen molar-refractivity contribution >= 4 is 17.5 Å². The molecule has 0 fully saturated rings. The van der Waals surface area contributed by atoms with Gasteiger partial charge in [-0.05, 0) is 50.2 Å². The van der Waals surface area contributed by atoms with Crippen LogP contribution in [-0.2, 0) is 4.79 Å². The van der Waals surface area contributed by atoms with Crippen LogP contribution < -0.4 is 10.1 Å². The number of aromatic nitrogens is 2. The van der Waals surface area contributed by atoms with Crippen LogP contribution in [0.2, 0.25) is 0 Å². The largest absolute Gasteiger partial charge is 0.494 e. The van der Waals surface area contributed by atoms with Crippen LogP contribution in [-0.4, -0.2) is 28.1 Å². The first kappa shape index (κ1) is 18.0. The molecule has 1 aliphatic rings. The van der Waals surface area contributed by atoms with E-state index in [1.807, 2.05) is 44.2 Å². The van der Waals surface area contributed by atoms with Crippen LogP contribution in [0.1, 0.15) is 40.9 Å². The van der Waals surface area contributed by atoms with E-state index in [9.17, 15) is 9.59 Å². The molecule has 0 radical (unpaired) electrons. The smallest absolute Gasteiger partial charge is 0.226 e. The maximum absolute atomic E-state index is 13.2. The molecular weight excluding hydrogens is 354 g/mol. The van der Waals surface area contributed by atoms with E-state index < -0.39 is 5.92 Å². The number of fused-ring (bicyclic) bond motifs is 1. The standard InChI is InChI=1S/C22H21N3O3/c1-3-28-17-11-9-15(10-12-17)21(27)18-13-19(26)23-22-20(18)14(2)24-25(22)16-7-5-4-6-8-16/h4-12,18H,3,13H2,1-2H3,(H,23,26). The van der Waals surface area contributed by atoms with Crippen molar-refractivity contribution in [2.45, 2.75) is 26.2 Å². The number of amides is 1. The third-order valence-corrected chi connectivity index (χ3v) is 4.87. The van der Waals surface area contributed by atoms with Gasteiger partial charge in [-0.1, -0.05) is 18.2 Å². The third kappa shape index (κ3) is 3.17. The fourth-order valence-electron chi connectivity index (χ4n) is 3.61. The van der Waals surface area contributed by atoms with E-state index in [1.54, 1.807) is 28.9 Å². The summed E-state index contributed by atoms with van der Waals surface area (Å²) >= 11 is 0. The predicted molar refractivity (Wildman–Crippen MR) is 106 cm³/mol. The molecule has 6 nitrogen and oxygen atoms in total. The number of para-hydroxylation sites is 1. The topological polar surface area (TPSA) is 73.2 Å². The first-order valence-electron chi connectivity index (χ1n) is 9.30. The predicted octanol–water partition coefficient (Wildman–Crippen LogP) is 3.89. The zero-order chi connectivity index (χ0) is 19.7. The van der Waals surface area contributed by atoms with Crippen molar-refractivity contribution < 1.29 is 14.3 Å². The number of ether oxygens (including phenoxy) is 1. The molecule has 3 aromatic rings. The minimum absolute atomic E-state index is 0.0881. The monoisotopic (exact) mass is 375 g/mol. The van der Waals surface area contributed by atoms with Crippen molar-refractivity contribution in [1.82, 2.24) is 9.78 Å². The van der Waals surface area contributed by atoms with Gasteiger partial charge in [-0.15, -0.1) is 0 Å². The minimum Gasteiger partial charge on any atom is -0.494 e. The molecule has 0 spiro atoms. The molecule has 2 heterocycles. The molecule has 0 saturated carbocycles. The first-order valence-corrected chi connectivity index (χ1v) is 9.30. The summed E-state index contributed by atoms with van der Waals surface area (Å²) in [5.41, 5.74) is 2.91. The molecule has 1 atom stereocenters. The lowest BCUT2D eigenvalue weighted by Gasteiger charge is -2.23. The molecule has 1 unspecified atom stereocenters. The van der Waals surface area contributed by atoms with Gasteiger partial charge in [-0.3, -0.25) is 9.59 Å². The molecule has 4 rings (SSSR count). The maximum atomic E-state index is 13.2. The fourth-order valence-corrected chi connectivity index (χ4v) is 3.61. The van der Waals surface area contributed by atoms with E-state index in [0.29, 0.717) is 23.7 Å². The second kappa shape index (κ2) is 7.31. The Hall–Kier alpha value is -3.41. The maximum Gasteiger partial charge on any atom is 0.226 e. The van der Waals surface area contributed by atoms with E-state index in [1.165, 1.54) is 0 Å². The lowest BCUT2D eigenvalue weighted by Crippen LogP contribution is -2.28.